The molecule has 3 heteroatoms. The number of ether oxygens (including phenoxy) is 1. The first kappa shape index (κ1) is 11.9. The Kier molecular flexibility index (Phi) is 2.63. The fourth-order valence-corrected chi connectivity index (χ4v) is 2.90. The summed E-state index contributed by atoms with van der Waals surface area (Å²) >= 11 is 0. The first-order chi connectivity index (χ1) is 9.09. The predicted molar refractivity (Wildman–Crippen MR) is 70.9 cm³/mol. The van der Waals surface area contributed by atoms with Gasteiger partial charge in [0.05, 0.1) is 11.8 Å². The number of fused-ring (bicyclic) bond motifs is 1. The summed E-state index contributed by atoms with van der Waals surface area (Å²) < 4.78 is 4.75. The number of cyclic esters (lactones) is 2. The molecule has 1 aliphatic heterocycles. The molecule has 96 valence electrons. The quantitative estimate of drug-likeness (QED) is 0.571. The molecule has 0 radical (unpaired) electrons. The van der Waals surface area contributed by atoms with Crippen molar-refractivity contribution in [3.63, 3.8) is 0 Å². The minimum atomic E-state index is -0.486. The van der Waals surface area contributed by atoms with E-state index < -0.39 is 23.8 Å². The number of hydrogen-bond acceptors (Lipinski definition) is 3. The third kappa shape index (κ3) is 1.73. The molecular formula is C16H14O3. The van der Waals surface area contributed by atoms with Gasteiger partial charge in [0.25, 0.3) is 0 Å². The monoisotopic (exact) mass is 254 g/mol. The largest absolute Gasteiger partial charge is 0.392 e. The second kappa shape index (κ2) is 4.19. The summed E-state index contributed by atoms with van der Waals surface area (Å²) in [5.41, 5.74) is 3.87. The third-order valence-electron chi connectivity index (χ3n) is 4.02. The van der Waals surface area contributed by atoms with E-state index >= 15 is 0 Å². The van der Waals surface area contributed by atoms with E-state index in [0.29, 0.717) is 12.0 Å². The van der Waals surface area contributed by atoms with Crippen LogP contribution in [0.15, 0.2) is 48.1 Å². The number of carbonyl (C=O) groups is 2. The van der Waals surface area contributed by atoms with Crippen LogP contribution in [-0.4, -0.2) is 11.9 Å². The molecule has 0 spiro atoms. The summed E-state index contributed by atoms with van der Waals surface area (Å²) in [4.78, 5) is 23.4. The molecule has 3 rings (SSSR count). The van der Waals surface area contributed by atoms with Crippen LogP contribution in [-0.2, 0) is 14.3 Å². The summed E-state index contributed by atoms with van der Waals surface area (Å²) in [6.45, 7) is 5.94. The van der Waals surface area contributed by atoms with Crippen LogP contribution in [0.25, 0.3) is 5.57 Å². The SMILES string of the molecule is C=C1C(C)=C(c2ccccc2)CC2C(=O)OC(=O)C12. The zero-order valence-electron chi connectivity index (χ0n) is 10.7. The Morgan fingerprint density at radius 2 is 1.84 bits per heavy atom. The van der Waals surface area contributed by atoms with E-state index in [-0.39, 0.29) is 0 Å². The zero-order valence-corrected chi connectivity index (χ0v) is 10.7. The molecule has 2 unspecified atom stereocenters. The summed E-state index contributed by atoms with van der Waals surface area (Å²) in [7, 11) is 0. The number of hydrogen-bond donors (Lipinski definition) is 0. The van der Waals surface area contributed by atoms with Crippen LogP contribution in [0.2, 0.25) is 0 Å². The Morgan fingerprint density at radius 1 is 1.16 bits per heavy atom. The minimum Gasteiger partial charge on any atom is -0.392 e. The summed E-state index contributed by atoms with van der Waals surface area (Å²) in [6.07, 6.45) is 0.546. The molecule has 1 heterocycles. The van der Waals surface area contributed by atoms with Gasteiger partial charge in [-0.1, -0.05) is 36.9 Å². The number of benzene rings is 1. The van der Waals surface area contributed by atoms with Crippen molar-refractivity contribution in [2.45, 2.75) is 13.3 Å². The molecule has 3 nitrogen and oxygen atoms in total. The Balaban J connectivity index is 2.08. The van der Waals surface area contributed by atoms with Gasteiger partial charge in [-0.15, -0.1) is 0 Å². The maximum atomic E-state index is 11.7. The van der Waals surface area contributed by atoms with Crippen LogP contribution in [0, 0.1) is 11.8 Å². The van der Waals surface area contributed by atoms with Gasteiger partial charge < -0.3 is 4.74 Å². The first-order valence-electron chi connectivity index (χ1n) is 6.29. The van der Waals surface area contributed by atoms with Gasteiger partial charge in [-0.25, -0.2) is 0 Å². The Morgan fingerprint density at radius 3 is 2.53 bits per heavy atom. The lowest BCUT2D eigenvalue weighted by atomic mass is 9.73. The highest BCUT2D eigenvalue weighted by molar-refractivity contribution is 6.01. The molecule has 19 heavy (non-hydrogen) atoms. The van der Waals surface area contributed by atoms with Crippen molar-refractivity contribution >= 4 is 17.5 Å². The van der Waals surface area contributed by atoms with Gasteiger partial charge in [-0.05, 0) is 35.6 Å². The van der Waals surface area contributed by atoms with Crippen LogP contribution in [0.4, 0.5) is 0 Å². The molecule has 1 aromatic rings. The van der Waals surface area contributed by atoms with Gasteiger partial charge >= 0.3 is 11.9 Å². The van der Waals surface area contributed by atoms with E-state index in [1.807, 2.05) is 37.3 Å². The fourth-order valence-electron chi connectivity index (χ4n) is 2.90. The van der Waals surface area contributed by atoms with Crippen molar-refractivity contribution < 1.29 is 14.3 Å². The molecule has 2 atom stereocenters. The molecule has 2 aliphatic rings. The van der Waals surface area contributed by atoms with Gasteiger partial charge in [0, 0.05) is 0 Å². The standard InChI is InChI=1S/C16H14O3/c1-9-10(2)14-13(15(17)19-16(14)18)8-12(9)11-6-4-3-5-7-11/h3-7,13-14H,2,8H2,1H3. The highest BCUT2D eigenvalue weighted by atomic mass is 16.6. The van der Waals surface area contributed by atoms with Crippen molar-refractivity contribution in [3.8, 4) is 0 Å². The van der Waals surface area contributed by atoms with Crippen molar-refractivity contribution in [3.05, 3.63) is 53.6 Å². The topological polar surface area (TPSA) is 43.4 Å². The lowest BCUT2D eigenvalue weighted by Gasteiger charge is -2.27. The molecule has 0 saturated carbocycles. The van der Waals surface area contributed by atoms with Crippen molar-refractivity contribution in [1.82, 2.24) is 0 Å². The average molecular weight is 254 g/mol. The van der Waals surface area contributed by atoms with E-state index in [9.17, 15) is 9.59 Å². The predicted octanol–water partition coefficient (Wildman–Crippen LogP) is 2.74. The van der Waals surface area contributed by atoms with Gasteiger partial charge in [0.1, 0.15) is 0 Å². The highest BCUT2D eigenvalue weighted by Gasteiger charge is 2.48. The maximum Gasteiger partial charge on any atom is 0.321 e. The second-order valence-electron chi connectivity index (χ2n) is 5.02. The van der Waals surface area contributed by atoms with Gasteiger partial charge in [0.2, 0.25) is 0 Å². The fraction of sp³-hybridized carbons (Fsp3) is 0.250. The summed E-state index contributed by atoms with van der Waals surface area (Å²) in [5.74, 6) is -1.76. The maximum absolute atomic E-state index is 11.7. The zero-order chi connectivity index (χ0) is 13.6. The van der Waals surface area contributed by atoms with E-state index in [1.54, 1.807) is 0 Å². The van der Waals surface area contributed by atoms with E-state index in [4.69, 9.17) is 4.74 Å². The van der Waals surface area contributed by atoms with Crippen molar-refractivity contribution in [1.29, 1.82) is 0 Å². The third-order valence-corrected chi connectivity index (χ3v) is 4.02. The molecule has 0 aromatic heterocycles. The van der Waals surface area contributed by atoms with E-state index in [0.717, 1.165) is 16.7 Å². The minimum absolute atomic E-state index is 0.404. The first-order valence-corrected chi connectivity index (χ1v) is 6.29. The molecular weight excluding hydrogens is 240 g/mol. The lowest BCUT2D eigenvalue weighted by Crippen LogP contribution is -2.25. The molecule has 0 N–H and O–H groups in total. The van der Waals surface area contributed by atoms with Gasteiger partial charge in [-0.2, -0.15) is 0 Å². The van der Waals surface area contributed by atoms with Crippen molar-refractivity contribution in [2.24, 2.45) is 11.8 Å². The lowest BCUT2D eigenvalue weighted by molar-refractivity contribution is -0.153. The van der Waals surface area contributed by atoms with Crippen LogP contribution in [0.3, 0.4) is 0 Å². The van der Waals surface area contributed by atoms with Crippen LogP contribution in [0.5, 0.6) is 0 Å². The van der Waals surface area contributed by atoms with E-state index in [2.05, 4.69) is 6.58 Å². The highest BCUT2D eigenvalue weighted by Crippen LogP contribution is 2.45. The second-order valence-corrected chi connectivity index (χ2v) is 5.02. The van der Waals surface area contributed by atoms with Crippen LogP contribution >= 0.6 is 0 Å². The Hall–Kier alpha value is -2.16. The number of allylic oxidation sites excluding steroid dienone is 2. The van der Waals surface area contributed by atoms with E-state index in [1.165, 1.54) is 0 Å². The molecule has 1 aromatic carbocycles. The van der Waals surface area contributed by atoms with Crippen molar-refractivity contribution in [2.75, 3.05) is 0 Å². The number of esters is 2. The molecule has 1 fully saturated rings. The number of carbonyl (C=O) groups excluding carboxylic acids is 2. The summed E-state index contributed by atoms with van der Waals surface area (Å²) in [6, 6.07) is 9.89. The molecule has 0 bridgehead atoms. The smallest absolute Gasteiger partial charge is 0.321 e. The normalized spacial score (nSPS) is 26.5. The molecule has 1 aliphatic carbocycles. The molecule has 0 amide bonds. The van der Waals surface area contributed by atoms with Gasteiger partial charge in [0.15, 0.2) is 0 Å². The number of rotatable bonds is 1. The van der Waals surface area contributed by atoms with Crippen LogP contribution in [0.1, 0.15) is 18.9 Å². The Bertz CT molecular complexity index is 610. The average Bonchev–Trinajstić information content (AvgIpc) is 2.70. The van der Waals surface area contributed by atoms with Crippen LogP contribution < -0.4 is 0 Å². The Labute approximate surface area is 111 Å². The van der Waals surface area contributed by atoms with Gasteiger partial charge in [-0.3, -0.25) is 9.59 Å². The summed E-state index contributed by atoms with van der Waals surface area (Å²) in [5, 5.41) is 0. The molecule has 1 saturated heterocycles.